The van der Waals surface area contributed by atoms with Crippen molar-refractivity contribution in [2.24, 2.45) is 0 Å². The van der Waals surface area contributed by atoms with Crippen LogP contribution in [0.3, 0.4) is 0 Å². The van der Waals surface area contributed by atoms with Crippen LogP contribution in [0.25, 0.3) is 11.1 Å². The third-order valence-electron chi connectivity index (χ3n) is 5.00. The van der Waals surface area contributed by atoms with Crippen LogP contribution in [0.2, 0.25) is 5.02 Å². The van der Waals surface area contributed by atoms with Crippen molar-refractivity contribution in [2.45, 2.75) is 32.9 Å². The van der Waals surface area contributed by atoms with Crippen LogP contribution in [0.1, 0.15) is 31.1 Å². The second kappa shape index (κ2) is 7.77. The van der Waals surface area contributed by atoms with Gasteiger partial charge < -0.3 is 4.90 Å². The second-order valence-corrected chi connectivity index (χ2v) is 7.57. The first-order chi connectivity index (χ1) is 12.4. The van der Waals surface area contributed by atoms with E-state index in [0.29, 0.717) is 33.8 Å². The van der Waals surface area contributed by atoms with Crippen LogP contribution in [0.15, 0.2) is 42.5 Å². The van der Waals surface area contributed by atoms with Crippen LogP contribution in [0, 0.1) is 5.82 Å². The summed E-state index contributed by atoms with van der Waals surface area (Å²) in [4.78, 5) is 17.1. The van der Waals surface area contributed by atoms with E-state index in [2.05, 4.69) is 25.7 Å². The average Bonchev–Trinajstić information content (AvgIpc) is 2.63. The van der Waals surface area contributed by atoms with Gasteiger partial charge in [-0.3, -0.25) is 9.69 Å². The third-order valence-corrected chi connectivity index (χ3v) is 5.24. The van der Waals surface area contributed by atoms with Gasteiger partial charge in [-0.25, -0.2) is 4.39 Å². The number of rotatable bonds is 3. The molecule has 2 aromatic rings. The van der Waals surface area contributed by atoms with Gasteiger partial charge in [0.1, 0.15) is 5.82 Å². The SMILES string of the molecule is CC(C)N1CCN(C(=O)c2ccc(-c3cc(Cl)ccc3F)cc2)CC1C. The second-order valence-electron chi connectivity index (χ2n) is 7.13. The third kappa shape index (κ3) is 3.92. The summed E-state index contributed by atoms with van der Waals surface area (Å²) < 4.78 is 14.0. The van der Waals surface area contributed by atoms with E-state index in [-0.39, 0.29) is 11.7 Å². The van der Waals surface area contributed by atoms with E-state index in [1.165, 1.54) is 12.1 Å². The van der Waals surface area contributed by atoms with Gasteiger partial charge in [0.25, 0.3) is 5.91 Å². The van der Waals surface area contributed by atoms with Gasteiger partial charge in [-0.15, -0.1) is 0 Å². The van der Waals surface area contributed by atoms with Crippen molar-refractivity contribution in [1.29, 1.82) is 0 Å². The number of amides is 1. The Morgan fingerprint density at radius 1 is 1.15 bits per heavy atom. The minimum atomic E-state index is -0.327. The Labute approximate surface area is 159 Å². The lowest BCUT2D eigenvalue weighted by Crippen LogP contribution is -2.55. The molecular weight excluding hydrogens is 351 g/mol. The zero-order valence-corrected chi connectivity index (χ0v) is 16.1. The molecule has 1 unspecified atom stereocenters. The molecule has 0 aromatic heterocycles. The zero-order chi connectivity index (χ0) is 18.8. The summed E-state index contributed by atoms with van der Waals surface area (Å²) in [6, 6.07) is 12.4. The summed E-state index contributed by atoms with van der Waals surface area (Å²) in [7, 11) is 0. The monoisotopic (exact) mass is 374 g/mol. The molecule has 5 heteroatoms. The fourth-order valence-electron chi connectivity index (χ4n) is 3.62. The Morgan fingerprint density at radius 2 is 1.85 bits per heavy atom. The summed E-state index contributed by atoms with van der Waals surface area (Å²) in [5.41, 5.74) is 1.77. The molecule has 0 radical (unpaired) electrons. The van der Waals surface area contributed by atoms with Crippen LogP contribution in [-0.2, 0) is 0 Å². The number of hydrogen-bond acceptors (Lipinski definition) is 2. The van der Waals surface area contributed by atoms with E-state index in [1.807, 2.05) is 4.90 Å². The lowest BCUT2D eigenvalue weighted by atomic mass is 10.0. The molecule has 0 saturated carbocycles. The van der Waals surface area contributed by atoms with Gasteiger partial charge in [0, 0.05) is 47.9 Å². The molecule has 1 atom stereocenters. The fraction of sp³-hybridized carbons (Fsp3) is 0.381. The minimum Gasteiger partial charge on any atom is -0.336 e. The molecule has 138 valence electrons. The Kier molecular flexibility index (Phi) is 5.64. The van der Waals surface area contributed by atoms with Gasteiger partial charge in [0.2, 0.25) is 0 Å². The Hall–Kier alpha value is -1.91. The maximum atomic E-state index is 14.0. The highest BCUT2D eigenvalue weighted by atomic mass is 35.5. The van der Waals surface area contributed by atoms with Crippen molar-refractivity contribution in [2.75, 3.05) is 19.6 Å². The molecule has 26 heavy (non-hydrogen) atoms. The molecule has 1 aliphatic rings. The molecular formula is C21H24ClFN2O. The minimum absolute atomic E-state index is 0.0263. The summed E-state index contributed by atoms with van der Waals surface area (Å²) in [5, 5.41) is 0.485. The number of hydrogen-bond donors (Lipinski definition) is 0. The molecule has 1 aliphatic heterocycles. The number of nitrogens with zero attached hydrogens (tertiary/aromatic N) is 2. The van der Waals surface area contributed by atoms with E-state index in [4.69, 9.17) is 11.6 Å². The quantitative estimate of drug-likeness (QED) is 0.777. The van der Waals surface area contributed by atoms with Gasteiger partial charge >= 0.3 is 0 Å². The van der Waals surface area contributed by atoms with Gasteiger partial charge in [0.05, 0.1) is 0 Å². The molecule has 1 heterocycles. The first-order valence-electron chi connectivity index (χ1n) is 8.97. The highest BCUT2D eigenvalue weighted by molar-refractivity contribution is 6.30. The molecule has 1 amide bonds. The molecule has 3 nitrogen and oxygen atoms in total. The number of carbonyl (C=O) groups excluding carboxylic acids is 1. The predicted molar refractivity (Wildman–Crippen MR) is 104 cm³/mol. The Morgan fingerprint density at radius 3 is 2.46 bits per heavy atom. The lowest BCUT2D eigenvalue weighted by molar-refractivity contribution is 0.0426. The number of halogens is 2. The summed E-state index contributed by atoms with van der Waals surface area (Å²) >= 11 is 5.97. The normalized spacial score (nSPS) is 18.4. The largest absolute Gasteiger partial charge is 0.336 e. The van der Waals surface area contributed by atoms with E-state index in [1.54, 1.807) is 30.3 Å². The molecule has 2 aromatic carbocycles. The molecule has 0 bridgehead atoms. The van der Waals surface area contributed by atoms with Crippen molar-refractivity contribution in [3.63, 3.8) is 0 Å². The first kappa shape index (κ1) is 18.9. The molecule has 0 aliphatic carbocycles. The highest BCUT2D eigenvalue weighted by Gasteiger charge is 2.28. The fourth-order valence-corrected chi connectivity index (χ4v) is 3.79. The van der Waals surface area contributed by atoms with Crippen LogP contribution in [0.5, 0.6) is 0 Å². The Bertz CT molecular complexity index is 791. The van der Waals surface area contributed by atoms with Crippen molar-refractivity contribution >= 4 is 17.5 Å². The van der Waals surface area contributed by atoms with Gasteiger partial charge in [-0.05, 0) is 56.7 Å². The molecule has 1 fully saturated rings. The molecule has 0 spiro atoms. The summed E-state index contributed by atoms with van der Waals surface area (Å²) in [5.74, 6) is -0.300. The van der Waals surface area contributed by atoms with Gasteiger partial charge in [-0.1, -0.05) is 23.7 Å². The summed E-state index contributed by atoms with van der Waals surface area (Å²) in [6.45, 7) is 8.86. The van der Waals surface area contributed by atoms with Crippen molar-refractivity contribution in [3.05, 3.63) is 58.9 Å². The standard InChI is InChI=1S/C21H24ClFN2O/c1-14(2)25-11-10-24(13-15(25)3)21(26)17-6-4-16(5-7-17)19-12-18(22)8-9-20(19)23/h4-9,12,14-15H,10-11,13H2,1-3H3. The number of benzene rings is 2. The van der Waals surface area contributed by atoms with Crippen molar-refractivity contribution < 1.29 is 9.18 Å². The molecule has 0 N–H and O–H groups in total. The van der Waals surface area contributed by atoms with E-state index in [0.717, 1.165) is 19.6 Å². The average molecular weight is 375 g/mol. The van der Waals surface area contributed by atoms with Crippen LogP contribution < -0.4 is 0 Å². The zero-order valence-electron chi connectivity index (χ0n) is 15.4. The molecule has 1 saturated heterocycles. The van der Waals surface area contributed by atoms with E-state index in [9.17, 15) is 9.18 Å². The van der Waals surface area contributed by atoms with Crippen LogP contribution in [0.4, 0.5) is 4.39 Å². The first-order valence-corrected chi connectivity index (χ1v) is 9.35. The molecule has 3 rings (SSSR count). The maximum Gasteiger partial charge on any atom is 0.253 e. The van der Waals surface area contributed by atoms with Crippen LogP contribution in [-0.4, -0.2) is 47.4 Å². The predicted octanol–water partition coefficient (Wildman–Crippen LogP) is 4.70. The van der Waals surface area contributed by atoms with Crippen molar-refractivity contribution in [1.82, 2.24) is 9.80 Å². The lowest BCUT2D eigenvalue weighted by Gasteiger charge is -2.42. The topological polar surface area (TPSA) is 23.6 Å². The van der Waals surface area contributed by atoms with E-state index >= 15 is 0 Å². The Balaban J connectivity index is 1.75. The van der Waals surface area contributed by atoms with Gasteiger partial charge in [0.15, 0.2) is 0 Å². The summed E-state index contributed by atoms with van der Waals surface area (Å²) in [6.07, 6.45) is 0. The highest BCUT2D eigenvalue weighted by Crippen LogP contribution is 2.26. The van der Waals surface area contributed by atoms with Crippen LogP contribution >= 0.6 is 11.6 Å². The number of piperazine rings is 1. The smallest absolute Gasteiger partial charge is 0.253 e. The maximum absolute atomic E-state index is 14.0. The number of carbonyl (C=O) groups is 1. The van der Waals surface area contributed by atoms with Crippen molar-refractivity contribution in [3.8, 4) is 11.1 Å². The van der Waals surface area contributed by atoms with Gasteiger partial charge in [-0.2, -0.15) is 0 Å². The van der Waals surface area contributed by atoms with E-state index < -0.39 is 0 Å².